The van der Waals surface area contributed by atoms with E-state index in [0.29, 0.717) is 18.7 Å². The normalized spacial score (nSPS) is 21.7. The van der Waals surface area contributed by atoms with Crippen molar-refractivity contribution >= 4 is 101 Å². The third kappa shape index (κ3) is 20.5. The molecule has 3 aliphatic heterocycles. The second kappa shape index (κ2) is 43.4. The predicted octanol–water partition coefficient (Wildman–Crippen LogP) is 11.1. The molecule has 3 saturated heterocycles. The number of nitrogen functional groups attached to an aromatic ring is 3. The van der Waals surface area contributed by atoms with E-state index in [9.17, 15) is 44.1 Å². The van der Waals surface area contributed by atoms with Crippen LogP contribution in [0.4, 0.5) is 17.8 Å². The van der Waals surface area contributed by atoms with Gasteiger partial charge in [0.05, 0.1) is 19.8 Å². The molecule has 42 heteroatoms. The maximum atomic E-state index is 14.8. The Bertz CT molecular complexity index is 4960. The van der Waals surface area contributed by atoms with Gasteiger partial charge in [-0.15, -0.1) is 19.7 Å². The summed E-state index contributed by atoms with van der Waals surface area (Å²) in [5, 5.41) is 29.2. The van der Waals surface area contributed by atoms with Crippen molar-refractivity contribution in [2.24, 2.45) is 0 Å². The number of rotatable bonds is 45. The number of nitrogens with one attached hydrogen (secondary N) is 2. The first kappa shape index (κ1) is 100. The summed E-state index contributed by atoms with van der Waals surface area (Å²) in [4.78, 5) is 101. The molecule has 0 saturated carbocycles. The zero-order valence-electron chi connectivity index (χ0n) is 75.4. The van der Waals surface area contributed by atoms with Crippen molar-refractivity contribution < 1.29 is 69.7 Å². The van der Waals surface area contributed by atoms with E-state index in [-0.39, 0.29) is 89.5 Å². The van der Waals surface area contributed by atoms with Crippen molar-refractivity contribution in [3.8, 4) is 5.88 Å². The first-order valence-corrected chi connectivity index (χ1v) is 59.1. The number of hydrogen-bond acceptors (Lipinski definition) is 28. The molecule has 0 aromatic carbocycles. The lowest BCUT2D eigenvalue weighted by Gasteiger charge is -2.40. The van der Waals surface area contributed by atoms with Gasteiger partial charge in [-0.1, -0.05) is 143 Å². The molecule has 10 heterocycles. The molecule has 12 atom stereocenters. The van der Waals surface area contributed by atoms with Crippen LogP contribution in [0.1, 0.15) is 155 Å². The Morgan fingerprint density at radius 2 is 0.746 bits per heavy atom. The maximum absolute atomic E-state index is 14.8. The van der Waals surface area contributed by atoms with Gasteiger partial charge in [-0.25, -0.2) is 32.9 Å². The summed E-state index contributed by atoms with van der Waals surface area (Å²) in [6, 6.07) is 17.2. The van der Waals surface area contributed by atoms with Gasteiger partial charge in [0, 0.05) is 19.6 Å². The lowest BCUT2D eigenvalue weighted by atomic mass is 10.1. The molecular weight excluding hydrogens is 1680 g/mol. The molecule has 10 rings (SSSR count). The van der Waals surface area contributed by atoms with Crippen LogP contribution in [0.15, 0.2) is 75.6 Å². The highest BCUT2D eigenvalue weighted by Gasteiger charge is 2.57. The number of ether oxygens (including phenoxy) is 4. The van der Waals surface area contributed by atoms with Crippen LogP contribution in [0, 0.1) is 6.92 Å². The Kier molecular flexibility index (Phi) is 35.7. The molecule has 0 bridgehead atoms. The van der Waals surface area contributed by atoms with Gasteiger partial charge in [0.2, 0.25) is 23.7 Å². The van der Waals surface area contributed by atoms with E-state index in [0.717, 1.165) is 118 Å². The summed E-state index contributed by atoms with van der Waals surface area (Å²) in [5.41, 5.74) is 15.9. The lowest BCUT2D eigenvalue weighted by molar-refractivity contribution is -0.0527. The number of H-pyrrole nitrogens is 2. The number of hydrogen-bond donors (Lipinski definition) is 8. The Morgan fingerprint density at radius 3 is 1.06 bits per heavy atom. The second-order valence-electron chi connectivity index (χ2n) is 32.0. The van der Waals surface area contributed by atoms with E-state index < -0.39 is 164 Å². The fraction of sp³-hybridized carbons (Fsp3) is 0.700. The zero-order valence-corrected chi connectivity index (χ0v) is 81.4. The molecule has 684 valence electrons. The Balaban J connectivity index is 0.000000242. The van der Waals surface area contributed by atoms with E-state index in [2.05, 4.69) is 174 Å². The highest BCUT2D eigenvalue weighted by atomic mass is 28.4. The van der Waals surface area contributed by atoms with Crippen molar-refractivity contribution in [3.05, 3.63) is 112 Å². The molecule has 0 amide bonds. The van der Waals surface area contributed by atoms with Crippen molar-refractivity contribution in [1.29, 1.82) is 0 Å². The molecule has 11 N–H and O–H groups in total. The summed E-state index contributed by atoms with van der Waals surface area (Å²) < 4.78 is 86.8. The van der Waals surface area contributed by atoms with Gasteiger partial charge in [0.15, 0.2) is 120 Å². The van der Waals surface area contributed by atoms with Crippen molar-refractivity contribution in [3.63, 3.8) is 0 Å². The van der Waals surface area contributed by atoms with Gasteiger partial charge in [-0.2, -0.15) is 19.9 Å². The third-order valence-electron chi connectivity index (χ3n) is 26.7. The number of fused-ring (bicyclic) bond motifs is 3. The maximum Gasteiger partial charge on any atom is 0.519 e. The Morgan fingerprint density at radius 1 is 0.426 bits per heavy atom. The molecule has 0 radical (unpaired) electrons. The smallest absolute Gasteiger partial charge is 0.468 e. The summed E-state index contributed by atoms with van der Waals surface area (Å²) in [6.07, 6.45) is -5.58. The molecule has 36 nitrogen and oxygen atoms in total. The van der Waals surface area contributed by atoms with Gasteiger partial charge in [0.25, 0.3) is 11.1 Å². The zero-order chi connectivity index (χ0) is 90.3. The summed E-state index contributed by atoms with van der Waals surface area (Å²) in [6.45, 7) is 52.8. The van der Waals surface area contributed by atoms with E-state index in [4.69, 9.17) is 71.5 Å². The van der Waals surface area contributed by atoms with Gasteiger partial charge in [0.1, 0.15) is 54.9 Å². The standard InChI is InChI=1S/C36H63N5O9Si3.C31H59N5O6Si3.C13H17N5O6/c1-12-22-40-28-31(38-34(37)39-32(28)44-23-26-25(11)46-36(43)48-26)41(35(40)42)33-30(50-53(19-8,20-9)21-10)29(49-52(16-5,17-6)18-7)27(47-33)24-45-51(13-2,14-3)15-4;1-11-21-35-24-27(33-30(32)34-28(24)37)36(31(35)38)29-26(42-45(18-8,19-9)20-10)25(41-44(15-5,16-6)17-7)23(40-29)22-39-43(12-2,13-3)14-4;1-2-3-17-6-9(15-12(14)16-10(6)22)18(13(17)23)11-8(21)7(20)5(4-19)24-11/h12,27,29-30,33H,1,13-24H2,2-11H3,(H2,37,38,39);11,23,25-26,29H,1,12-22H2,2-10H3,(H3,32,33,34,37);2,5,7-8,11,19-21H,1,3-4H2,(H3,14,15,16,22)/t27-,29-,30-,33-;23-,25-,26-,29-;5-,7-,8-,11-/m111/s1. The second-order valence-corrected chi connectivity index (χ2v) is 60.4. The number of aliphatic hydroxyl groups excluding tert-OH is 3. The fourth-order valence-electron chi connectivity index (χ4n) is 17.4. The number of imidazole rings is 3. The summed E-state index contributed by atoms with van der Waals surface area (Å²) in [7, 11) is -13.0. The van der Waals surface area contributed by atoms with Gasteiger partial charge >= 0.3 is 22.9 Å². The first-order chi connectivity index (χ1) is 58.2. The topological polar surface area (TPSA) is 472 Å². The highest BCUT2D eigenvalue weighted by Crippen LogP contribution is 2.45. The van der Waals surface area contributed by atoms with E-state index in [1.54, 1.807) is 19.1 Å². The van der Waals surface area contributed by atoms with E-state index in [1.807, 2.05) is 0 Å². The number of aromatic amines is 2. The van der Waals surface area contributed by atoms with Crippen molar-refractivity contribution in [2.45, 2.75) is 340 Å². The predicted molar refractivity (Wildman–Crippen MR) is 487 cm³/mol. The monoisotopic (exact) mass is 1810 g/mol. The molecule has 7 aromatic heterocycles. The van der Waals surface area contributed by atoms with Crippen LogP contribution in [0.3, 0.4) is 0 Å². The molecule has 0 unspecified atom stereocenters. The minimum Gasteiger partial charge on any atom is -0.468 e. The lowest BCUT2D eigenvalue weighted by Crippen LogP contribution is -2.53. The first-order valence-electron chi connectivity index (χ1n) is 44.0. The molecule has 3 aliphatic rings. The van der Waals surface area contributed by atoms with E-state index in [1.165, 1.54) is 24.3 Å². The number of nitrogens with two attached hydrogens (primary N) is 3. The number of aryl methyl sites for hydroxylation is 1. The van der Waals surface area contributed by atoms with Crippen LogP contribution >= 0.6 is 0 Å². The van der Waals surface area contributed by atoms with Crippen molar-refractivity contribution in [1.82, 2.24) is 57.3 Å². The average Bonchev–Trinajstić information content (AvgIpc) is 1.57. The Labute approximate surface area is 719 Å². The van der Waals surface area contributed by atoms with Gasteiger partial charge < -0.3 is 86.9 Å². The highest BCUT2D eigenvalue weighted by molar-refractivity contribution is 6.75. The molecule has 3 fully saturated rings. The van der Waals surface area contributed by atoms with E-state index >= 15 is 0 Å². The number of aliphatic hydroxyl groups is 3. The van der Waals surface area contributed by atoms with Gasteiger partial charge in [-0.05, 0) is 116 Å². The van der Waals surface area contributed by atoms with Crippen LogP contribution in [-0.2, 0) is 67.0 Å². The number of nitrogens with zero attached hydrogens (tertiary/aromatic N) is 10. The summed E-state index contributed by atoms with van der Waals surface area (Å²) in [5.74, 6) is -0.738. The fourth-order valence-corrected chi connectivity index (χ4v) is 34.0. The third-order valence-corrected chi connectivity index (χ3v) is 54.5. The molecule has 0 aliphatic carbocycles. The average molecular weight is 1820 g/mol. The van der Waals surface area contributed by atoms with Crippen LogP contribution < -0.4 is 55.9 Å². The minimum absolute atomic E-state index is 0.0197. The number of anilines is 3. The largest absolute Gasteiger partial charge is 0.519 e. The molecule has 0 spiro atoms. The number of allylic oxidation sites excluding steroid dienone is 3. The number of aromatic nitrogens is 12. The van der Waals surface area contributed by atoms with Crippen LogP contribution in [0.2, 0.25) is 109 Å². The Hall–Kier alpha value is -7.10. The van der Waals surface area contributed by atoms with Crippen LogP contribution in [0.5, 0.6) is 5.88 Å². The minimum atomic E-state index is -2.33. The van der Waals surface area contributed by atoms with Crippen molar-refractivity contribution in [2.75, 3.05) is 37.0 Å². The van der Waals surface area contributed by atoms with Crippen LogP contribution in [-0.4, -0.2) is 197 Å². The molecular formula is C80H139N15O21Si6. The van der Waals surface area contributed by atoms with Gasteiger partial charge in [-0.3, -0.25) is 33.3 Å². The van der Waals surface area contributed by atoms with Crippen LogP contribution in [0.25, 0.3) is 33.5 Å². The molecule has 7 aromatic rings. The SMILES string of the molecule is C=CCn1c(=O)n([C@@H]2O[C@H](CO)[C@@H](O)[C@H]2O)c2nc(N)[nH]c(=O)c21.C=CCn1c(=O)n([C@@H]2O[C@H](CO[Si](CC)(CC)CC)[C@@H](O[Si](CC)(CC)CC)[C@H]2O[Si](CC)(CC)CC)c2nc(N)[nH]c(=O)c21.C=CCn1c(=O)n([C@@H]2O[C@H](CO[Si](CC)(CC)CC)[C@@H](O[Si](CC)(CC)CC)[C@H]2O[Si](CC)(CC)CC)c2nc(N)nc(OCc3oc(=O)oc3C)c21. The summed E-state index contributed by atoms with van der Waals surface area (Å²) >= 11 is 0. The quantitative estimate of drug-likeness (QED) is 0.0130. The molecule has 122 heavy (non-hydrogen) atoms.